The van der Waals surface area contributed by atoms with E-state index in [1.54, 1.807) is 18.9 Å². The highest BCUT2D eigenvalue weighted by molar-refractivity contribution is 7.98. The Hall–Kier alpha value is -2.08. The van der Waals surface area contributed by atoms with Crippen molar-refractivity contribution in [1.82, 2.24) is 9.47 Å². The van der Waals surface area contributed by atoms with Crippen LogP contribution >= 0.6 is 11.8 Å². The molecule has 2 aromatic rings. The second kappa shape index (κ2) is 9.03. The lowest BCUT2D eigenvalue weighted by molar-refractivity contribution is -0.135. The summed E-state index contributed by atoms with van der Waals surface area (Å²) in [6.07, 6.45) is 6.94. The van der Waals surface area contributed by atoms with Gasteiger partial charge in [0.25, 0.3) is 0 Å². The molecule has 140 valence electrons. The molecule has 0 spiro atoms. The van der Waals surface area contributed by atoms with E-state index in [4.69, 9.17) is 4.74 Å². The van der Waals surface area contributed by atoms with E-state index in [0.717, 1.165) is 49.8 Å². The number of hydrogen-bond acceptors (Lipinski definition) is 4. The van der Waals surface area contributed by atoms with Crippen molar-refractivity contribution in [3.8, 4) is 5.75 Å². The Kier molecular flexibility index (Phi) is 6.50. The van der Waals surface area contributed by atoms with Gasteiger partial charge in [-0.05, 0) is 42.7 Å². The minimum absolute atomic E-state index is 0.102. The SMILES string of the molecule is COc1ccccc1N1CCN(C(=O)C(CCSC)n2cccc2)CC1. The third kappa shape index (κ3) is 4.18. The summed E-state index contributed by atoms with van der Waals surface area (Å²) in [5, 5.41) is 0. The first-order valence-electron chi connectivity index (χ1n) is 9.02. The van der Waals surface area contributed by atoms with Crippen LogP contribution in [0.2, 0.25) is 0 Å². The maximum Gasteiger partial charge on any atom is 0.245 e. The second-order valence-corrected chi connectivity index (χ2v) is 7.40. The molecule has 0 bridgehead atoms. The van der Waals surface area contributed by atoms with Gasteiger partial charge in [0.15, 0.2) is 0 Å². The van der Waals surface area contributed by atoms with Crippen molar-refractivity contribution in [1.29, 1.82) is 0 Å². The molecule has 1 fully saturated rings. The highest BCUT2D eigenvalue weighted by Crippen LogP contribution is 2.29. The molecular weight excluding hydrogens is 346 g/mol. The molecule has 1 aromatic heterocycles. The Bertz CT molecular complexity index is 697. The van der Waals surface area contributed by atoms with Gasteiger partial charge in [-0.15, -0.1) is 0 Å². The zero-order valence-electron chi connectivity index (χ0n) is 15.5. The summed E-state index contributed by atoms with van der Waals surface area (Å²) in [5.74, 6) is 2.10. The molecule has 6 heteroatoms. The summed E-state index contributed by atoms with van der Waals surface area (Å²) in [6, 6.07) is 11.9. The third-order valence-corrected chi connectivity index (χ3v) is 5.53. The van der Waals surface area contributed by atoms with Crippen molar-refractivity contribution >= 4 is 23.4 Å². The Morgan fingerprint density at radius 3 is 2.46 bits per heavy atom. The normalized spacial score (nSPS) is 15.8. The van der Waals surface area contributed by atoms with E-state index >= 15 is 0 Å². The first-order valence-corrected chi connectivity index (χ1v) is 10.4. The van der Waals surface area contributed by atoms with Gasteiger partial charge in [-0.25, -0.2) is 0 Å². The number of benzene rings is 1. The smallest absolute Gasteiger partial charge is 0.245 e. The van der Waals surface area contributed by atoms with Crippen molar-refractivity contribution in [2.75, 3.05) is 50.2 Å². The summed E-state index contributed by atoms with van der Waals surface area (Å²) in [6.45, 7) is 3.14. The molecule has 5 nitrogen and oxygen atoms in total. The molecule has 1 amide bonds. The number of thioether (sulfide) groups is 1. The first-order chi connectivity index (χ1) is 12.7. The third-order valence-electron chi connectivity index (χ3n) is 4.89. The minimum Gasteiger partial charge on any atom is -0.495 e. The molecule has 2 heterocycles. The number of methoxy groups -OCH3 is 1. The van der Waals surface area contributed by atoms with Crippen LogP contribution in [0.25, 0.3) is 0 Å². The minimum atomic E-state index is -0.102. The molecule has 1 aliphatic heterocycles. The van der Waals surface area contributed by atoms with Crippen LogP contribution in [0, 0.1) is 0 Å². The maximum absolute atomic E-state index is 13.1. The Balaban J connectivity index is 1.65. The van der Waals surface area contributed by atoms with Crippen molar-refractivity contribution in [3.63, 3.8) is 0 Å². The summed E-state index contributed by atoms with van der Waals surface area (Å²) < 4.78 is 7.52. The van der Waals surface area contributed by atoms with Gasteiger partial charge in [0.05, 0.1) is 12.8 Å². The number of aromatic nitrogens is 1. The van der Waals surface area contributed by atoms with E-state index in [1.165, 1.54) is 0 Å². The molecule has 0 aliphatic carbocycles. The van der Waals surface area contributed by atoms with Crippen LogP contribution in [0.15, 0.2) is 48.8 Å². The number of nitrogens with zero attached hydrogens (tertiary/aromatic N) is 3. The fraction of sp³-hybridized carbons (Fsp3) is 0.450. The van der Waals surface area contributed by atoms with Crippen LogP contribution in [0.4, 0.5) is 5.69 Å². The van der Waals surface area contributed by atoms with Crippen molar-refractivity contribution in [2.45, 2.75) is 12.5 Å². The van der Waals surface area contributed by atoms with Crippen LogP contribution in [-0.2, 0) is 4.79 Å². The van der Waals surface area contributed by atoms with Crippen molar-refractivity contribution in [2.24, 2.45) is 0 Å². The molecule has 3 rings (SSSR count). The van der Waals surface area contributed by atoms with E-state index in [1.807, 2.05) is 52.2 Å². The maximum atomic E-state index is 13.1. The van der Waals surface area contributed by atoms with Gasteiger partial charge >= 0.3 is 0 Å². The predicted octanol–water partition coefficient (Wildman–Crippen LogP) is 3.14. The lowest BCUT2D eigenvalue weighted by Crippen LogP contribution is -2.50. The van der Waals surface area contributed by atoms with Gasteiger partial charge in [0, 0.05) is 38.6 Å². The van der Waals surface area contributed by atoms with E-state index in [9.17, 15) is 4.79 Å². The Morgan fingerprint density at radius 2 is 1.81 bits per heavy atom. The largest absolute Gasteiger partial charge is 0.495 e. The van der Waals surface area contributed by atoms with E-state index in [2.05, 4.69) is 17.2 Å². The molecule has 1 aliphatic rings. The summed E-state index contributed by atoms with van der Waals surface area (Å²) in [7, 11) is 1.70. The highest BCUT2D eigenvalue weighted by atomic mass is 32.2. The van der Waals surface area contributed by atoms with Gasteiger partial charge in [0.2, 0.25) is 5.91 Å². The zero-order valence-corrected chi connectivity index (χ0v) is 16.3. The summed E-state index contributed by atoms with van der Waals surface area (Å²) in [4.78, 5) is 17.4. The monoisotopic (exact) mass is 373 g/mol. The lowest BCUT2D eigenvalue weighted by atomic mass is 10.1. The number of amides is 1. The van der Waals surface area contributed by atoms with Gasteiger partial charge in [0.1, 0.15) is 11.8 Å². The topological polar surface area (TPSA) is 37.7 Å². The lowest BCUT2D eigenvalue weighted by Gasteiger charge is -2.38. The average molecular weight is 374 g/mol. The van der Waals surface area contributed by atoms with Crippen molar-refractivity contribution in [3.05, 3.63) is 48.8 Å². The van der Waals surface area contributed by atoms with Crippen LogP contribution in [-0.4, -0.2) is 60.7 Å². The number of hydrogen-bond donors (Lipinski definition) is 0. The van der Waals surface area contributed by atoms with E-state index < -0.39 is 0 Å². The molecule has 0 radical (unpaired) electrons. The van der Waals surface area contributed by atoms with Crippen LogP contribution in [0.3, 0.4) is 0 Å². The molecule has 1 unspecified atom stereocenters. The summed E-state index contributed by atoms with van der Waals surface area (Å²) >= 11 is 1.79. The number of anilines is 1. The number of carbonyl (C=O) groups excluding carboxylic acids is 1. The van der Waals surface area contributed by atoms with Crippen LogP contribution in [0.1, 0.15) is 12.5 Å². The molecule has 0 saturated carbocycles. The number of para-hydroxylation sites is 2. The Labute approximate surface area is 159 Å². The van der Waals surface area contributed by atoms with Gasteiger partial charge in [-0.1, -0.05) is 12.1 Å². The fourth-order valence-electron chi connectivity index (χ4n) is 3.45. The molecule has 0 N–H and O–H groups in total. The molecule has 1 aromatic carbocycles. The van der Waals surface area contributed by atoms with Crippen molar-refractivity contribution < 1.29 is 9.53 Å². The summed E-state index contributed by atoms with van der Waals surface area (Å²) in [5.41, 5.74) is 1.10. The van der Waals surface area contributed by atoms with Crippen LogP contribution < -0.4 is 9.64 Å². The number of piperazine rings is 1. The van der Waals surface area contributed by atoms with Crippen LogP contribution in [0.5, 0.6) is 5.75 Å². The van der Waals surface area contributed by atoms with Gasteiger partial charge in [-0.3, -0.25) is 4.79 Å². The average Bonchev–Trinajstić information content (AvgIpc) is 3.22. The standard InChI is InChI=1S/C20H27N3O2S/c1-25-19-8-4-3-7-17(19)22-12-14-23(15-13-22)20(24)18(9-16-26-2)21-10-5-6-11-21/h3-8,10-11,18H,9,12-16H2,1-2H3. The van der Waals surface area contributed by atoms with Gasteiger partial charge < -0.3 is 19.1 Å². The predicted molar refractivity (Wildman–Crippen MR) is 108 cm³/mol. The quantitative estimate of drug-likeness (QED) is 0.747. The molecular formula is C20H27N3O2S. The number of rotatable bonds is 7. The Morgan fingerprint density at radius 1 is 1.12 bits per heavy atom. The fourth-order valence-corrected chi connectivity index (χ4v) is 3.91. The second-order valence-electron chi connectivity index (χ2n) is 6.41. The number of carbonyl (C=O) groups is 1. The number of ether oxygens (including phenoxy) is 1. The van der Waals surface area contributed by atoms with E-state index in [0.29, 0.717) is 0 Å². The zero-order chi connectivity index (χ0) is 18.4. The first kappa shape index (κ1) is 18.7. The highest BCUT2D eigenvalue weighted by Gasteiger charge is 2.28. The molecule has 1 atom stereocenters. The molecule has 26 heavy (non-hydrogen) atoms. The van der Waals surface area contributed by atoms with E-state index in [-0.39, 0.29) is 11.9 Å². The van der Waals surface area contributed by atoms with Gasteiger partial charge in [-0.2, -0.15) is 11.8 Å². The molecule has 1 saturated heterocycles.